The van der Waals surface area contributed by atoms with E-state index in [9.17, 15) is 10.2 Å². The Morgan fingerprint density at radius 3 is 2.79 bits per heavy atom. The number of hydrogen-bond acceptors (Lipinski definition) is 3. The zero-order valence-corrected chi connectivity index (χ0v) is 8.72. The van der Waals surface area contributed by atoms with Gasteiger partial charge >= 0.3 is 0 Å². The largest absolute Gasteiger partial charge is 0.390 e. The molecule has 14 heavy (non-hydrogen) atoms. The summed E-state index contributed by atoms with van der Waals surface area (Å²) < 4.78 is 5.67. The molecule has 2 N–H and O–H groups in total. The normalized spacial score (nSPS) is 38.2. The van der Waals surface area contributed by atoms with Crippen LogP contribution in [-0.4, -0.2) is 34.6 Å². The van der Waals surface area contributed by atoms with Crippen LogP contribution in [0.5, 0.6) is 0 Å². The van der Waals surface area contributed by atoms with Crippen molar-refractivity contribution >= 4 is 0 Å². The van der Waals surface area contributed by atoms with Crippen LogP contribution >= 0.6 is 0 Å². The second-order valence-electron chi connectivity index (χ2n) is 3.90. The lowest BCUT2D eigenvalue weighted by Gasteiger charge is -2.36. The van der Waals surface area contributed by atoms with Gasteiger partial charge in [-0.2, -0.15) is 0 Å². The number of aliphatic hydroxyl groups excluding tert-OH is 2. The number of hydrogen-bond donors (Lipinski definition) is 2. The summed E-state index contributed by atoms with van der Waals surface area (Å²) in [5.41, 5.74) is 0. The lowest BCUT2D eigenvalue weighted by Crippen LogP contribution is -2.47. The van der Waals surface area contributed by atoms with Crippen molar-refractivity contribution in [2.75, 3.05) is 0 Å². The van der Waals surface area contributed by atoms with Gasteiger partial charge in [0, 0.05) is 6.42 Å². The Morgan fingerprint density at radius 2 is 2.21 bits per heavy atom. The van der Waals surface area contributed by atoms with E-state index in [4.69, 9.17) is 4.74 Å². The van der Waals surface area contributed by atoms with Crippen molar-refractivity contribution in [1.82, 2.24) is 0 Å². The summed E-state index contributed by atoms with van der Waals surface area (Å²) in [5, 5.41) is 19.2. The highest BCUT2D eigenvalue weighted by molar-refractivity contribution is 4.88. The minimum Gasteiger partial charge on any atom is -0.390 e. The topological polar surface area (TPSA) is 49.7 Å². The van der Waals surface area contributed by atoms with E-state index in [2.05, 4.69) is 13.5 Å². The van der Waals surface area contributed by atoms with E-state index in [1.807, 2.05) is 0 Å². The van der Waals surface area contributed by atoms with Crippen LogP contribution in [0.3, 0.4) is 0 Å². The highest BCUT2D eigenvalue weighted by Gasteiger charge is 2.35. The van der Waals surface area contributed by atoms with Gasteiger partial charge in [-0.3, -0.25) is 0 Å². The zero-order chi connectivity index (χ0) is 10.6. The number of ether oxygens (including phenoxy) is 1. The maximum Gasteiger partial charge on any atom is 0.106 e. The van der Waals surface area contributed by atoms with Crippen LogP contribution in [0.4, 0.5) is 0 Å². The maximum atomic E-state index is 9.63. The number of rotatable bonds is 4. The predicted octanol–water partition coefficient (Wildman–Crippen LogP) is 1.24. The van der Waals surface area contributed by atoms with Gasteiger partial charge in [-0.25, -0.2) is 0 Å². The van der Waals surface area contributed by atoms with Crippen LogP contribution in [0.25, 0.3) is 0 Å². The van der Waals surface area contributed by atoms with Gasteiger partial charge in [-0.05, 0) is 12.8 Å². The van der Waals surface area contributed by atoms with E-state index in [1.54, 1.807) is 6.08 Å². The first kappa shape index (κ1) is 11.7. The standard InChI is InChI=1S/C11H20O3/c1-3-5-8-7-9(12)11(13)10(14-8)6-4-2/h4,8-13H,2-3,5-7H2,1H3/t8-,9+,10+,11-/m0/s1. The van der Waals surface area contributed by atoms with E-state index < -0.39 is 12.2 Å². The highest BCUT2D eigenvalue weighted by Crippen LogP contribution is 2.25. The van der Waals surface area contributed by atoms with Crippen molar-refractivity contribution in [2.24, 2.45) is 0 Å². The molecule has 1 aliphatic rings. The van der Waals surface area contributed by atoms with Crippen molar-refractivity contribution in [2.45, 2.75) is 57.0 Å². The molecule has 82 valence electrons. The molecule has 1 aliphatic heterocycles. The second kappa shape index (κ2) is 5.49. The quantitative estimate of drug-likeness (QED) is 0.671. The van der Waals surface area contributed by atoms with Gasteiger partial charge in [-0.1, -0.05) is 19.4 Å². The summed E-state index contributed by atoms with van der Waals surface area (Å²) in [6.07, 6.45) is 3.23. The summed E-state index contributed by atoms with van der Waals surface area (Å²) in [6.45, 7) is 5.70. The van der Waals surface area contributed by atoms with Gasteiger partial charge in [0.05, 0.1) is 18.3 Å². The van der Waals surface area contributed by atoms with Crippen molar-refractivity contribution in [3.8, 4) is 0 Å². The molecule has 0 amide bonds. The fourth-order valence-corrected chi connectivity index (χ4v) is 1.91. The van der Waals surface area contributed by atoms with Crippen molar-refractivity contribution < 1.29 is 14.9 Å². The maximum absolute atomic E-state index is 9.63. The molecule has 0 unspecified atom stereocenters. The van der Waals surface area contributed by atoms with Gasteiger partial charge in [0.25, 0.3) is 0 Å². The Kier molecular flexibility index (Phi) is 4.58. The first-order valence-corrected chi connectivity index (χ1v) is 5.31. The first-order valence-electron chi connectivity index (χ1n) is 5.31. The molecule has 0 radical (unpaired) electrons. The molecule has 1 fully saturated rings. The SMILES string of the molecule is C=CC[C@H]1O[C@@H](CCC)C[C@@H](O)[C@@H]1O. The molecule has 3 heteroatoms. The van der Waals surface area contributed by atoms with Crippen molar-refractivity contribution in [3.05, 3.63) is 12.7 Å². The summed E-state index contributed by atoms with van der Waals surface area (Å²) in [5.74, 6) is 0. The van der Waals surface area contributed by atoms with Gasteiger partial charge in [0.1, 0.15) is 6.10 Å². The van der Waals surface area contributed by atoms with Crippen LogP contribution in [0.1, 0.15) is 32.6 Å². The third-order valence-electron chi connectivity index (χ3n) is 2.66. The van der Waals surface area contributed by atoms with Crippen LogP contribution in [-0.2, 0) is 4.74 Å². The molecule has 0 aliphatic carbocycles. The molecule has 0 aromatic rings. The smallest absolute Gasteiger partial charge is 0.106 e. The van der Waals surface area contributed by atoms with Crippen LogP contribution < -0.4 is 0 Å². The molecular formula is C11H20O3. The average molecular weight is 200 g/mol. The molecule has 0 saturated carbocycles. The van der Waals surface area contributed by atoms with E-state index in [0.29, 0.717) is 12.8 Å². The molecular weight excluding hydrogens is 180 g/mol. The average Bonchev–Trinajstić information content (AvgIpc) is 2.14. The summed E-state index contributed by atoms with van der Waals surface area (Å²) in [7, 11) is 0. The monoisotopic (exact) mass is 200 g/mol. The van der Waals surface area contributed by atoms with Crippen molar-refractivity contribution in [1.29, 1.82) is 0 Å². The van der Waals surface area contributed by atoms with Crippen LogP contribution in [0.15, 0.2) is 12.7 Å². The molecule has 0 aromatic carbocycles. The van der Waals surface area contributed by atoms with Crippen molar-refractivity contribution in [3.63, 3.8) is 0 Å². The fourth-order valence-electron chi connectivity index (χ4n) is 1.91. The summed E-state index contributed by atoms with van der Waals surface area (Å²) in [6, 6.07) is 0. The minimum absolute atomic E-state index is 0.0864. The Morgan fingerprint density at radius 1 is 1.50 bits per heavy atom. The number of aliphatic hydroxyl groups is 2. The van der Waals surface area contributed by atoms with Gasteiger partial charge in [-0.15, -0.1) is 6.58 Å². The second-order valence-corrected chi connectivity index (χ2v) is 3.90. The molecule has 4 atom stereocenters. The Bertz CT molecular complexity index is 181. The van der Waals surface area contributed by atoms with Gasteiger partial charge in [0.15, 0.2) is 0 Å². The van der Waals surface area contributed by atoms with Gasteiger partial charge in [0.2, 0.25) is 0 Å². The first-order chi connectivity index (χ1) is 6.69. The molecule has 1 heterocycles. The van der Waals surface area contributed by atoms with E-state index >= 15 is 0 Å². The van der Waals surface area contributed by atoms with E-state index in [0.717, 1.165) is 12.8 Å². The molecule has 1 rings (SSSR count). The highest BCUT2D eigenvalue weighted by atomic mass is 16.5. The third-order valence-corrected chi connectivity index (χ3v) is 2.66. The lowest BCUT2D eigenvalue weighted by molar-refractivity contribution is -0.168. The Hall–Kier alpha value is -0.380. The van der Waals surface area contributed by atoms with E-state index in [-0.39, 0.29) is 12.2 Å². The fraction of sp³-hybridized carbons (Fsp3) is 0.818. The molecule has 0 spiro atoms. The summed E-state index contributed by atoms with van der Waals surface area (Å²) >= 11 is 0. The molecule has 1 saturated heterocycles. The minimum atomic E-state index is -0.763. The Balaban J connectivity index is 2.51. The summed E-state index contributed by atoms with van der Waals surface area (Å²) in [4.78, 5) is 0. The van der Waals surface area contributed by atoms with Gasteiger partial charge < -0.3 is 14.9 Å². The van der Waals surface area contributed by atoms with Crippen LogP contribution in [0, 0.1) is 0 Å². The predicted molar refractivity (Wildman–Crippen MR) is 55.0 cm³/mol. The molecule has 0 bridgehead atoms. The van der Waals surface area contributed by atoms with E-state index in [1.165, 1.54) is 0 Å². The Labute approximate surface area is 85.4 Å². The lowest BCUT2D eigenvalue weighted by atomic mass is 9.94. The zero-order valence-electron chi connectivity index (χ0n) is 8.72. The molecule has 0 aromatic heterocycles. The molecule has 3 nitrogen and oxygen atoms in total. The van der Waals surface area contributed by atoms with Crippen LogP contribution in [0.2, 0.25) is 0 Å². The third kappa shape index (κ3) is 2.80.